The Morgan fingerprint density at radius 2 is 1.73 bits per heavy atom. The number of sulfonamides is 1. The number of Topliss-reactive ketones (excluding diaryl/α,β-unsaturated/α-hetero) is 1. The van der Waals surface area contributed by atoms with Gasteiger partial charge in [0.05, 0.1) is 17.7 Å². The molecule has 33 heavy (non-hydrogen) atoms. The molecule has 0 fully saturated rings. The first kappa shape index (κ1) is 24.4. The van der Waals surface area contributed by atoms with Crippen LogP contribution < -0.4 is 10.0 Å². The van der Waals surface area contributed by atoms with E-state index in [9.17, 15) is 18.0 Å². The zero-order valence-corrected chi connectivity index (χ0v) is 19.5. The highest BCUT2D eigenvalue weighted by molar-refractivity contribution is 7.89. The Hall–Kier alpha value is -3.23. The minimum Gasteiger partial charge on any atom is -0.468 e. The maximum atomic E-state index is 12.5. The molecule has 1 aromatic heterocycles. The van der Waals surface area contributed by atoms with Crippen molar-refractivity contribution >= 4 is 27.4 Å². The maximum Gasteiger partial charge on any atom is 0.241 e. The molecule has 3 aromatic rings. The second kappa shape index (κ2) is 11.1. The summed E-state index contributed by atoms with van der Waals surface area (Å²) in [7, 11) is -3.78. The highest BCUT2D eigenvalue weighted by Gasteiger charge is 2.16. The van der Waals surface area contributed by atoms with Gasteiger partial charge in [0.25, 0.3) is 0 Å². The molecule has 0 aliphatic carbocycles. The average molecular weight is 469 g/mol. The molecule has 0 bridgehead atoms. The minimum absolute atomic E-state index is 0.000298. The standard InChI is InChI=1S/C25H28N2O5S/c1-18(2)15-19-8-10-20(11-9-19)24(28)12-13-25(29)27-21-5-3-7-23(16-21)33(30,31)26-17-22-6-4-14-32-22/h3-11,14,16,18,26H,12-13,15,17H2,1-2H3,(H,27,29). The minimum atomic E-state index is -3.78. The lowest BCUT2D eigenvalue weighted by Crippen LogP contribution is -2.23. The summed E-state index contributed by atoms with van der Waals surface area (Å²) in [5.41, 5.74) is 2.09. The third kappa shape index (κ3) is 7.40. The van der Waals surface area contributed by atoms with Gasteiger partial charge in [0.1, 0.15) is 5.76 Å². The number of nitrogens with one attached hydrogen (secondary N) is 2. The van der Waals surface area contributed by atoms with Gasteiger partial charge in [-0.05, 0) is 48.2 Å². The van der Waals surface area contributed by atoms with Crippen LogP contribution >= 0.6 is 0 Å². The lowest BCUT2D eigenvalue weighted by Gasteiger charge is -2.09. The predicted octanol–water partition coefficient (Wildman–Crippen LogP) is 4.56. The van der Waals surface area contributed by atoms with Crippen molar-refractivity contribution in [2.24, 2.45) is 5.92 Å². The molecule has 0 saturated heterocycles. The van der Waals surface area contributed by atoms with Gasteiger partial charge in [0.2, 0.25) is 15.9 Å². The van der Waals surface area contributed by atoms with Crippen LogP contribution in [0.15, 0.2) is 76.2 Å². The Kier molecular flexibility index (Phi) is 8.19. The first-order valence-electron chi connectivity index (χ1n) is 10.8. The van der Waals surface area contributed by atoms with E-state index in [4.69, 9.17) is 4.42 Å². The van der Waals surface area contributed by atoms with E-state index >= 15 is 0 Å². The number of anilines is 1. The molecular formula is C25H28N2O5S. The van der Waals surface area contributed by atoms with E-state index < -0.39 is 10.0 Å². The molecule has 0 spiro atoms. The number of hydrogen-bond donors (Lipinski definition) is 2. The topological polar surface area (TPSA) is 105 Å². The summed E-state index contributed by atoms with van der Waals surface area (Å²) in [5.74, 6) is 0.551. The van der Waals surface area contributed by atoms with Gasteiger partial charge in [0, 0.05) is 24.1 Å². The Balaban J connectivity index is 1.53. The number of benzene rings is 2. The highest BCUT2D eigenvalue weighted by Crippen LogP contribution is 2.17. The van der Waals surface area contributed by atoms with Gasteiger partial charge in [0.15, 0.2) is 5.78 Å². The molecular weight excluding hydrogens is 440 g/mol. The van der Waals surface area contributed by atoms with E-state index in [-0.39, 0.29) is 36.0 Å². The van der Waals surface area contributed by atoms with E-state index in [0.717, 1.165) is 6.42 Å². The van der Waals surface area contributed by atoms with Crippen LogP contribution in [0.1, 0.15) is 48.4 Å². The Morgan fingerprint density at radius 1 is 0.970 bits per heavy atom. The van der Waals surface area contributed by atoms with Crippen LogP contribution in [0.3, 0.4) is 0 Å². The van der Waals surface area contributed by atoms with Gasteiger partial charge in [-0.25, -0.2) is 13.1 Å². The van der Waals surface area contributed by atoms with Crippen molar-refractivity contribution in [2.45, 2.75) is 44.6 Å². The largest absolute Gasteiger partial charge is 0.468 e. The molecule has 1 heterocycles. The van der Waals surface area contributed by atoms with Gasteiger partial charge in [-0.1, -0.05) is 44.2 Å². The summed E-state index contributed by atoms with van der Waals surface area (Å²) in [5, 5.41) is 2.66. The summed E-state index contributed by atoms with van der Waals surface area (Å²) in [6.07, 6.45) is 2.48. The lowest BCUT2D eigenvalue weighted by molar-refractivity contribution is -0.116. The fourth-order valence-corrected chi connectivity index (χ4v) is 4.34. The van der Waals surface area contributed by atoms with E-state index in [1.165, 1.54) is 24.0 Å². The van der Waals surface area contributed by atoms with Gasteiger partial charge < -0.3 is 9.73 Å². The zero-order valence-electron chi connectivity index (χ0n) is 18.7. The molecule has 0 saturated carbocycles. The molecule has 8 heteroatoms. The van der Waals surface area contributed by atoms with Crippen LogP contribution in [-0.2, 0) is 27.8 Å². The van der Waals surface area contributed by atoms with Gasteiger partial charge in [-0.15, -0.1) is 0 Å². The highest BCUT2D eigenvalue weighted by atomic mass is 32.2. The van der Waals surface area contributed by atoms with Crippen molar-refractivity contribution in [3.8, 4) is 0 Å². The SMILES string of the molecule is CC(C)Cc1ccc(C(=O)CCC(=O)Nc2cccc(S(=O)(=O)NCc3ccco3)c2)cc1. The van der Waals surface area contributed by atoms with Crippen LogP contribution in [0.5, 0.6) is 0 Å². The van der Waals surface area contributed by atoms with Crippen molar-refractivity contribution in [1.82, 2.24) is 4.72 Å². The molecule has 7 nitrogen and oxygen atoms in total. The van der Waals surface area contributed by atoms with E-state index in [1.807, 2.05) is 12.1 Å². The first-order valence-corrected chi connectivity index (χ1v) is 12.3. The van der Waals surface area contributed by atoms with Crippen LogP contribution in [0.4, 0.5) is 5.69 Å². The van der Waals surface area contributed by atoms with Crippen LogP contribution in [0, 0.1) is 5.92 Å². The molecule has 2 aromatic carbocycles. The van der Waals surface area contributed by atoms with Gasteiger partial charge >= 0.3 is 0 Å². The second-order valence-electron chi connectivity index (χ2n) is 8.20. The molecule has 174 valence electrons. The molecule has 0 unspecified atom stereocenters. The van der Waals surface area contributed by atoms with Gasteiger partial charge in [-0.2, -0.15) is 0 Å². The number of furan rings is 1. The lowest BCUT2D eigenvalue weighted by atomic mass is 9.99. The normalized spacial score (nSPS) is 11.5. The molecule has 2 N–H and O–H groups in total. The van der Waals surface area contributed by atoms with Crippen molar-refractivity contribution < 1.29 is 22.4 Å². The Bertz CT molecular complexity index is 1180. The van der Waals surface area contributed by atoms with Crippen molar-refractivity contribution in [3.63, 3.8) is 0 Å². The Morgan fingerprint density at radius 3 is 2.39 bits per heavy atom. The molecule has 0 radical (unpaired) electrons. The number of amides is 1. The zero-order chi connectivity index (χ0) is 23.8. The Labute approximate surface area is 194 Å². The van der Waals surface area contributed by atoms with Crippen molar-refractivity contribution in [3.05, 3.63) is 83.8 Å². The third-order valence-corrected chi connectivity index (χ3v) is 6.34. The van der Waals surface area contributed by atoms with Crippen LogP contribution in [-0.4, -0.2) is 20.1 Å². The predicted molar refractivity (Wildman–Crippen MR) is 126 cm³/mol. The van der Waals surface area contributed by atoms with Crippen molar-refractivity contribution in [2.75, 3.05) is 5.32 Å². The number of carbonyl (C=O) groups is 2. The molecule has 3 rings (SSSR count). The number of hydrogen-bond acceptors (Lipinski definition) is 5. The average Bonchev–Trinajstić information content (AvgIpc) is 3.30. The molecule has 0 aliphatic heterocycles. The first-order chi connectivity index (χ1) is 15.7. The monoisotopic (exact) mass is 468 g/mol. The van der Waals surface area contributed by atoms with Gasteiger partial charge in [-0.3, -0.25) is 9.59 Å². The van der Waals surface area contributed by atoms with Crippen LogP contribution in [0.25, 0.3) is 0 Å². The van der Waals surface area contributed by atoms with E-state index in [0.29, 0.717) is 22.9 Å². The van der Waals surface area contributed by atoms with Crippen molar-refractivity contribution in [1.29, 1.82) is 0 Å². The number of ketones is 1. The third-order valence-electron chi connectivity index (χ3n) is 4.94. The number of rotatable bonds is 11. The quantitative estimate of drug-likeness (QED) is 0.402. The molecule has 0 aliphatic rings. The fraction of sp³-hybridized carbons (Fsp3) is 0.280. The van der Waals surface area contributed by atoms with E-state index in [1.54, 1.807) is 36.4 Å². The number of carbonyl (C=O) groups excluding carboxylic acids is 2. The molecule has 1 amide bonds. The summed E-state index contributed by atoms with van der Waals surface area (Å²) in [4.78, 5) is 24.8. The summed E-state index contributed by atoms with van der Waals surface area (Å²) in [6, 6.07) is 16.8. The molecule has 0 atom stereocenters. The van der Waals surface area contributed by atoms with Crippen LogP contribution in [0.2, 0.25) is 0 Å². The van der Waals surface area contributed by atoms with E-state index in [2.05, 4.69) is 23.9 Å². The second-order valence-corrected chi connectivity index (χ2v) is 9.96. The maximum absolute atomic E-state index is 12.5. The summed E-state index contributed by atoms with van der Waals surface area (Å²) >= 11 is 0. The fourth-order valence-electron chi connectivity index (χ4n) is 3.30. The summed E-state index contributed by atoms with van der Waals surface area (Å²) < 4.78 is 32.6. The smallest absolute Gasteiger partial charge is 0.241 e. The summed E-state index contributed by atoms with van der Waals surface area (Å²) in [6.45, 7) is 4.30.